The predicted molar refractivity (Wildman–Crippen MR) is 85.4 cm³/mol. The summed E-state index contributed by atoms with van der Waals surface area (Å²) in [6.45, 7) is 1.29. The number of rotatable bonds is 5. The third-order valence-corrected chi connectivity index (χ3v) is 3.10. The molecule has 23 heavy (non-hydrogen) atoms. The van der Waals surface area contributed by atoms with Crippen molar-refractivity contribution in [2.75, 3.05) is 6.61 Å². The van der Waals surface area contributed by atoms with Gasteiger partial charge in [0.05, 0.1) is 5.71 Å². The fourth-order valence-corrected chi connectivity index (χ4v) is 1.91. The second-order valence-electron chi connectivity index (χ2n) is 4.64. The number of hydrogen-bond donors (Lipinski definition) is 2. The molecule has 5 nitrogen and oxygen atoms in total. The number of nitrogens with one attached hydrogen (secondary N) is 1. The van der Waals surface area contributed by atoms with E-state index < -0.39 is 11.7 Å². The van der Waals surface area contributed by atoms with Crippen molar-refractivity contribution in [3.05, 3.63) is 58.9 Å². The lowest BCUT2D eigenvalue weighted by molar-refractivity contribution is -0.123. The third-order valence-electron chi connectivity index (χ3n) is 2.86. The highest BCUT2D eigenvalue weighted by Gasteiger charge is 2.07. The first-order chi connectivity index (χ1) is 11.0. The zero-order chi connectivity index (χ0) is 16.8. The summed E-state index contributed by atoms with van der Waals surface area (Å²) in [6.07, 6.45) is 0. The lowest BCUT2D eigenvalue weighted by Gasteiger charge is -2.07. The Hall–Kier alpha value is -2.60. The van der Waals surface area contributed by atoms with Crippen LogP contribution in [0.1, 0.15) is 12.5 Å². The van der Waals surface area contributed by atoms with Crippen LogP contribution in [0.25, 0.3) is 0 Å². The van der Waals surface area contributed by atoms with Crippen LogP contribution in [0, 0.1) is 5.82 Å². The molecule has 0 atom stereocenters. The number of amides is 1. The zero-order valence-corrected chi connectivity index (χ0v) is 13.0. The van der Waals surface area contributed by atoms with Crippen LogP contribution in [0.5, 0.6) is 11.5 Å². The molecule has 1 amide bonds. The maximum absolute atomic E-state index is 13.0. The smallest absolute Gasteiger partial charge is 0.277 e. The number of carbonyl (C=O) groups is 1. The van der Waals surface area contributed by atoms with Crippen molar-refractivity contribution in [1.29, 1.82) is 0 Å². The third kappa shape index (κ3) is 4.96. The second kappa shape index (κ2) is 7.60. The first-order valence-electron chi connectivity index (χ1n) is 6.66. The van der Waals surface area contributed by atoms with E-state index in [1.165, 1.54) is 36.4 Å². The van der Waals surface area contributed by atoms with Crippen LogP contribution in [0.3, 0.4) is 0 Å². The van der Waals surface area contributed by atoms with Gasteiger partial charge in [0.1, 0.15) is 17.3 Å². The molecule has 0 aliphatic rings. The molecule has 2 rings (SSSR count). The molecule has 0 aliphatic carbocycles. The average molecular weight is 337 g/mol. The van der Waals surface area contributed by atoms with Gasteiger partial charge >= 0.3 is 0 Å². The van der Waals surface area contributed by atoms with Gasteiger partial charge in [-0.15, -0.1) is 0 Å². The Kier molecular flexibility index (Phi) is 5.54. The van der Waals surface area contributed by atoms with Crippen LogP contribution in [0.15, 0.2) is 47.6 Å². The van der Waals surface area contributed by atoms with Gasteiger partial charge < -0.3 is 9.84 Å². The summed E-state index contributed by atoms with van der Waals surface area (Å²) in [6, 6.07) is 9.97. The van der Waals surface area contributed by atoms with Crippen LogP contribution < -0.4 is 10.2 Å². The fraction of sp³-hybridized carbons (Fsp3) is 0.125. The normalized spacial score (nSPS) is 11.2. The van der Waals surface area contributed by atoms with Crippen molar-refractivity contribution in [2.45, 2.75) is 6.92 Å². The van der Waals surface area contributed by atoms with Crippen LogP contribution in [-0.2, 0) is 4.79 Å². The number of hydrazone groups is 1. The van der Waals surface area contributed by atoms with Crippen molar-refractivity contribution in [2.24, 2.45) is 5.10 Å². The quantitative estimate of drug-likeness (QED) is 0.651. The SMILES string of the molecule is C/C(=N\NC(=O)COc1cccc(F)c1)c1cc(Cl)ccc1O. The first kappa shape index (κ1) is 16.8. The molecule has 0 spiro atoms. The monoisotopic (exact) mass is 336 g/mol. The number of phenols is 1. The molecule has 0 unspecified atom stereocenters. The molecule has 0 radical (unpaired) electrons. The van der Waals surface area contributed by atoms with Crippen molar-refractivity contribution >= 4 is 23.2 Å². The van der Waals surface area contributed by atoms with E-state index in [0.29, 0.717) is 16.3 Å². The molecule has 0 aromatic heterocycles. The lowest BCUT2D eigenvalue weighted by Crippen LogP contribution is -2.25. The van der Waals surface area contributed by atoms with Crippen LogP contribution in [0.2, 0.25) is 5.02 Å². The molecular weight excluding hydrogens is 323 g/mol. The molecule has 2 aromatic carbocycles. The summed E-state index contributed by atoms with van der Waals surface area (Å²) in [5.74, 6) is -0.724. The maximum atomic E-state index is 13.0. The largest absolute Gasteiger partial charge is 0.507 e. The van der Waals surface area contributed by atoms with Gasteiger partial charge in [-0.2, -0.15) is 5.10 Å². The number of carbonyl (C=O) groups excluding carboxylic acids is 1. The number of nitrogens with zero attached hydrogens (tertiary/aromatic N) is 1. The van der Waals surface area contributed by atoms with E-state index in [9.17, 15) is 14.3 Å². The highest BCUT2D eigenvalue weighted by Crippen LogP contribution is 2.22. The average Bonchev–Trinajstić information content (AvgIpc) is 2.53. The number of hydrogen-bond acceptors (Lipinski definition) is 4. The Morgan fingerprint density at radius 3 is 2.87 bits per heavy atom. The van der Waals surface area contributed by atoms with Crippen molar-refractivity contribution < 1.29 is 19.0 Å². The van der Waals surface area contributed by atoms with Gasteiger partial charge in [-0.25, -0.2) is 9.82 Å². The van der Waals surface area contributed by atoms with Gasteiger partial charge in [0, 0.05) is 16.7 Å². The predicted octanol–water partition coefficient (Wildman–Crippen LogP) is 3.10. The van der Waals surface area contributed by atoms with Gasteiger partial charge in [0.15, 0.2) is 6.61 Å². The number of benzene rings is 2. The van der Waals surface area contributed by atoms with Crippen molar-refractivity contribution in [3.63, 3.8) is 0 Å². The highest BCUT2D eigenvalue weighted by atomic mass is 35.5. The minimum absolute atomic E-state index is 0.000842. The number of aromatic hydroxyl groups is 1. The minimum atomic E-state index is -0.518. The Balaban J connectivity index is 1.93. The van der Waals surface area contributed by atoms with E-state index in [0.717, 1.165) is 0 Å². The van der Waals surface area contributed by atoms with E-state index in [-0.39, 0.29) is 18.1 Å². The molecule has 0 bridgehead atoms. The summed E-state index contributed by atoms with van der Waals surface area (Å²) >= 11 is 5.85. The number of ether oxygens (including phenoxy) is 1. The van der Waals surface area contributed by atoms with E-state index in [1.807, 2.05) is 0 Å². The molecule has 0 fully saturated rings. The second-order valence-corrected chi connectivity index (χ2v) is 5.08. The Labute approximate surface area is 137 Å². The Morgan fingerprint density at radius 1 is 1.35 bits per heavy atom. The molecule has 0 heterocycles. The summed E-state index contributed by atoms with van der Waals surface area (Å²) < 4.78 is 18.1. The van der Waals surface area contributed by atoms with Gasteiger partial charge in [-0.3, -0.25) is 4.79 Å². The standard InChI is InChI=1S/C16H14ClFN2O3/c1-10(14-7-11(17)5-6-15(14)21)19-20-16(22)9-23-13-4-2-3-12(18)8-13/h2-8,21H,9H2,1H3,(H,20,22)/b19-10+. The van der Waals surface area contributed by atoms with Gasteiger partial charge in [-0.1, -0.05) is 17.7 Å². The summed E-state index contributed by atoms with van der Waals surface area (Å²) in [5.41, 5.74) is 3.07. The molecule has 2 aromatic rings. The summed E-state index contributed by atoms with van der Waals surface area (Å²) in [7, 11) is 0. The van der Waals surface area contributed by atoms with Crippen LogP contribution >= 0.6 is 11.6 Å². The van der Waals surface area contributed by atoms with Gasteiger partial charge in [-0.05, 0) is 37.3 Å². The first-order valence-corrected chi connectivity index (χ1v) is 7.04. The number of halogens is 2. The number of phenolic OH excluding ortho intramolecular Hbond substituents is 1. The van der Waals surface area contributed by atoms with E-state index in [1.54, 1.807) is 13.0 Å². The molecule has 7 heteroatoms. The van der Waals surface area contributed by atoms with Crippen molar-refractivity contribution in [3.8, 4) is 11.5 Å². The van der Waals surface area contributed by atoms with E-state index >= 15 is 0 Å². The summed E-state index contributed by atoms with van der Waals surface area (Å²) in [5, 5.41) is 14.0. The van der Waals surface area contributed by atoms with Crippen LogP contribution in [0.4, 0.5) is 4.39 Å². The molecule has 0 saturated heterocycles. The lowest BCUT2D eigenvalue weighted by atomic mass is 10.1. The Bertz CT molecular complexity index is 750. The topological polar surface area (TPSA) is 70.9 Å². The molecule has 0 aliphatic heterocycles. The zero-order valence-electron chi connectivity index (χ0n) is 12.2. The van der Waals surface area contributed by atoms with Gasteiger partial charge in [0.2, 0.25) is 0 Å². The van der Waals surface area contributed by atoms with E-state index in [2.05, 4.69) is 10.5 Å². The molecule has 2 N–H and O–H groups in total. The van der Waals surface area contributed by atoms with E-state index in [4.69, 9.17) is 16.3 Å². The van der Waals surface area contributed by atoms with Crippen molar-refractivity contribution in [1.82, 2.24) is 5.43 Å². The molecule has 120 valence electrons. The summed E-state index contributed by atoms with van der Waals surface area (Å²) in [4.78, 5) is 11.7. The fourth-order valence-electron chi connectivity index (χ4n) is 1.74. The van der Waals surface area contributed by atoms with Crippen LogP contribution in [-0.4, -0.2) is 23.3 Å². The molecular formula is C16H14ClFN2O3. The maximum Gasteiger partial charge on any atom is 0.277 e. The van der Waals surface area contributed by atoms with Gasteiger partial charge in [0.25, 0.3) is 5.91 Å². The minimum Gasteiger partial charge on any atom is -0.507 e. The Morgan fingerprint density at radius 2 is 2.13 bits per heavy atom. The molecule has 0 saturated carbocycles. The highest BCUT2D eigenvalue weighted by molar-refractivity contribution is 6.31.